The minimum atomic E-state index is 0.634. The van der Waals surface area contributed by atoms with Gasteiger partial charge in [0.2, 0.25) is 0 Å². The van der Waals surface area contributed by atoms with E-state index in [2.05, 4.69) is 41.8 Å². The quantitative estimate of drug-likeness (QED) is 0.646. The Morgan fingerprint density at radius 3 is 2.83 bits per heavy atom. The van der Waals surface area contributed by atoms with Crippen LogP contribution >= 0.6 is 0 Å². The van der Waals surface area contributed by atoms with E-state index >= 15 is 0 Å². The highest BCUT2D eigenvalue weighted by atomic mass is 15.1. The first kappa shape index (κ1) is 15.2. The van der Waals surface area contributed by atoms with Crippen LogP contribution in [0.15, 0.2) is 12.4 Å². The lowest BCUT2D eigenvalue weighted by atomic mass is 10.1. The fourth-order valence-corrected chi connectivity index (χ4v) is 2.23. The van der Waals surface area contributed by atoms with Gasteiger partial charge in [-0.05, 0) is 19.8 Å². The molecule has 0 aromatic carbocycles. The lowest BCUT2D eigenvalue weighted by Crippen LogP contribution is -2.29. The molecular weight excluding hydrogens is 222 g/mol. The molecule has 104 valence electrons. The lowest BCUT2D eigenvalue weighted by molar-refractivity contribution is 0.466. The van der Waals surface area contributed by atoms with Crippen molar-refractivity contribution in [2.75, 3.05) is 6.54 Å². The molecule has 1 heterocycles. The number of nitrogens with one attached hydrogen (secondary N) is 1. The fourth-order valence-electron chi connectivity index (χ4n) is 2.23. The van der Waals surface area contributed by atoms with Gasteiger partial charge in [0, 0.05) is 37.9 Å². The predicted molar refractivity (Wildman–Crippen MR) is 77.8 cm³/mol. The molecule has 0 aliphatic heterocycles. The average molecular weight is 251 g/mol. The van der Waals surface area contributed by atoms with Crippen molar-refractivity contribution in [3.63, 3.8) is 0 Å². The summed E-state index contributed by atoms with van der Waals surface area (Å²) < 4.78 is 2.27. The maximum absolute atomic E-state index is 4.40. The number of hydrogen-bond acceptors (Lipinski definition) is 2. The smallest absolute Gasteiger partial charge is 0.108 e. The Bertz CT molecular complexity index is 306. The van der Waals surface area contributed by atoms with E-state index in [1.807, 2.05) is 6.20 Å². The van der Waals surface area contributed by atoms with Crippen molar-refractivity contribution in [1.82, 2.24) is 14.9 Å². The Morgan fingerprint density at radius 2 is 2.11 bits per heavy atom. The van der Waals surface area contributed by atoms with Gasteiger partial charge < -0.3 is 9.88 Å². The van der Waals surface area contributed by atoms with Gasteiger partial charge in [-0.1, -0.05) is 33.1 Å². The van der Waals surface area contributed by atoms with Gasteiger partial charge in [-0.3, -0.25) is 0 Å². The third-order valence-electron chi connectivity index (χ3n) is 3.36. The first-order valence-electron chi connectivity index (χ1n) is 7.51. The van der Waals surface area contributed by atoms with Crippen LogP contribution in [-0.4, -0.2) is 22.1 Å². The fraction of sp³-hybridized carbons (Fsp3) is 0.800. The summed E-state index contributed by atoms with van der Waals surface area (Å²) in [6.07, 6.45) is 11.5. The highest BCUT2D eigenvalue weighted by Crippen LogP contribution is 2.03. The van der Waals surface area contributed by atoms with Crippen LogP contribution in [-0.2, 0) is 13.0 Å². The number of aryl methyl sites for hydroxylation is 1. The molecule has 0 aliphatic rings. The largest absolute Gasteiger partial charge is 0.334 e. The summed E-state index contributed by atoms with van der Waals surface area (Å²) >= 11 is 0. The molecule has 0 saturated carbocycles. The third-order valence-corrected chi connectivity index (χ3v) is 3.36. The van der Waals surface area contributed by atoms with Gasteiger partial charge in [-0.2, -0.15) is 0 Å². The number of imidazole rings is 1. The summed E-state index contributed by atoms with van der Waals surface area (Å²) in [7, 11) is 0. The van der Waals surface area contributed by atoms with Gasteiger partial charge >= 0.3 is 0 Å². The Kier molecular flexibility index (Phi) is 7.74. The van der Waals surface area contributed by atoms with Gasteiger partial charge in [-0.15, -0.1) is 0 Å². The molecule has 3 heteroatoms. The van der Waals surface area contributed by atoms with Crippen LogP contribution in [0.4, 0.5) is 0 Å². The van der Waals surface area contributed by atoms with Gasteiger partial charge in [0.05, 0.1) is 0 Å². The maximum Gasteiger partial charge on any atom is 0.108 e. The van der Waals surface area contributed by atoms with E-state index < -0.39 is 0 Å². The molecule has 1 atom stereocenters. The number of unbranched alkanes of at least 4 members (excludes halogenated alkanes) is 2. The third kappa shape index (κ3) is 5.67. The number of aromatic nitrogens is 2. The highest BCUT2D eigenvalue weighted by molar-refractivity contribution is 4.92. The normalized spacial score (nSPS) is 12.8. The van der Waals surface area contributed by atoms with E-state index in [1.54, 1.807) is 0 Å². The minimum Gasteiger partial charge on any atom is -0.334 e. The van der Waals surface area contributed by atoms with Crippen molar-refractivity contribution in [1.29, 1.82) is 0 Å². The van der Waals surface area contributed by atoms with Gasteiger partial charge in [0.1, 0.15) is 5.82 Å². The molecule has 0 fully saturated rings. The highest BCUT2D eigenvalue weighted by Gasteiger charge is 2.03. The Balaban J connectivity index is 2.18. The second kappa shape index (κ2) is 9.15. The Hall–Kier alpha value is -0.830. The van der Waals surface area contributed by atoms with Crippen LogP contribution in [0.1, 0.15) is 58.7 Å². The second-order valence-corrected chi connectivity index (χ2v) is 5.14. The first-order valence-corrected chi connectivity index (χ1v) is 7.51. The summed E-state index contributed by atoms with van der Waals surface area (Å²) in [4.78, 5) is 4.40. The standard InChI is InChI=1S/C15H29N3/c1-4-6-7-9-14(3)16-10-12-18-13-11-17-15(18)8-5-2/h11,13-14,16H,4-10,12H2,1-3H3. The van der Waals surface area contributed by atoms with E-state index in [4.69, 9.17) is 0 Å². The van der Waals surface area contributed by atoms with Crippen LogP contribution in [0, 0.1) is 0 Å². The van der Waals surface area contributed by atoms with Crippen molar-refractivity contribution in [2.45, 2.75) is 71.9 Å². The van der Waals surface area contributed by atoms with Crippen LogP contribution < -0.4 is 5.32 Å². The van der Waals surface area contributed by atoms with Crippen LogP contribution in [0.25, 0.3) is 0 Å². The predicted octanol–water partition coefficient (Wildman–Crippen LogP) is 3.39. The molecular formula is C15H29N3. The van der Waals surface area contributed by atoms with Gasteiger partial charge in [0.25, 0.3) is 0 Å². The van der Waals surface area contributed by atoms with Gasteiger partial charge in [0.15, 0.2) is 0 Å². The van der Waals surface area contributed by atoms with E-state index in [-0.39, 0.29) is 0 Å². The summed E-state index contributed by atoms with van der Waals surface area (Å²) in [6.45, 7) is 8.82. The van der Waals surface area contributed by atoms with E-state index in [9.17, 15) is 0 Å². The Labute approximate surface area is 112 Å². The maximum atomic E-state index is 4.40. The molecule has 0 spiro atoms. The molecule has 3 nitrogen and oxygen atoms in total. The molecule has 18 heavy (non-hydrogen) atoms. The molecule has 1 aromatic heterocycles. The van der Waals surface area contributed by atoms with Crippen LogP contribution in [0.2, 0.25) is 0 Å². The Morgan fingerprint density at radius 1 is 1.28 bits per heavy atom. The summed E-state index contributed by atoms with van der Waals surface area (Å²) in [6, 6.07) is 0.634. The summed E-state index contributed by atoms with van der Waals surface area (Å²) in [5.41, 5.74) is 0. The molecule has 1 unspecified atom stereocenters. The van der Waals surface area contributed by atoms with E-state index in [0.717, 1.165) is 25.9 Å². The zero-order valence-corrected chi connectivity index (χ0v) is 12.3. The van der Waals surface area contributed by atoms with Crippen molar-refractivity contribution in [3.8, 4) is 0 Å². The van der Waals surface area contributed by atoms with Crippen molar-refractivity contribution < 1.29 is 0 Å². The number of hydrogen-bond donors (Lipinski definition) is 1. The monoisotopic (exact) mass is 251 g/mol. The van der Waals surface area contributed by atoms with Crippen LogP contribution in [0.5, 0.6) is 0 Å². The van der Waals surface area contributed by atoms with E-state index in [1.165, 1.54) is 31.5 Å². The molecule has 0 amide bonds. The van der Waals surface area contributed by atoms with Gasteiger partial charge in [-0.25, -0.2) is 4.98 Å². The van der Waals surface area contributed by atoms with Crippen LogP contribution in [0.3, 0.4) is 0 Å². The second-order valence-electron chi connectivity index (χ2n) is 5.14. The summed E-state index contributed by atoms with van der Waals surface area (Å²) in [5, 5.41) is 3.60. The average Bonchev–Trinajstić information content (AvgIpc) is 2.78. The van der Waals surface area contributed by atoms with E-state index in [0.29, 0.717) is 6.04 Å². The molecule has 1 rings (SSSR count). The minimum absolute atomic E-state index is 0.634. The first-order chi connectivity index (χ1) is 8.77. The SMILES string of the molecule is CCCCCC(C)NCCn1ccnc1CCC. The molecule has 0 saturated heterocycles. The number of nitrogens with zero attached hydrogens (tertiary/aromatic N) is 2. The molecule has 0 aliphatic carbocycles. The molecule has 0 bridgehead atoms. The molecule has 1 aromatic rings. The zero-order chi connectivity index (χ0) is 13.2. The zero-order valence-electron chi connectivity index (χ0n) is 12.3. The van der Waals surface area contributed by atoms with Crippen molar-refractivity contribution >= 4 is 0 Å². The topological polar surface area (TPSA) is 29.9 Å². The number of rotatable bonds is 10. The lowest BCUT2D eigenvalue weighted by Gasteiger charge is -2.14. The summed E-state index contributed by atoms with van der Waals surface area (Å²) in [5.74, 6) is 1.22. The molecule has 0 radical (unpaired) electrons. The van der Waals surface area contributed by atoms with Crippen molar-refractivity contribution in [2.24, 2.45) is 0 Å². The molecule has 1 N–H and O–H groups in total. The van der Waals surface area contributed by atoms with Crippen molar-refractivity contribution in [3.05, 3.63) is 18.2 Å².